The van der Waals surface area contributed by atoms with Crippen molar-refractivity contribution in [3.05, 3.63) is 40.0 Å². The largest absolute Gasteiger partial charge is 0.492 e. The van der Waals surface area contributed by atoms with E-state index >= 15 is 0 Å². The average Bonchev–Trinajstić information content (AvgIpc) is 2.39. The van der Waals surface area contributed by atoms with Crippen LogP contribution in [0.25, 0.3) is 0 Å². The van der Waals surface area contributed by atoms with Gasteiger partial charge in [0.1, 0.15) is 12.4 Å². The second-order valence-corrected chi connectivity index (χ2v) is 4.81. The lowest BCUT2D eigenvalue weighted by molar-refractivity contribution is 0.141. The highest BCUT2D eigenvalue weighted by Crippen LogP contribution is 2.13. The minimum atomic E-state index is -1.03. The first-order valence-electron chi connectivity index (χ1n) is 5.54. The first-order valence-corrected chi connectivity index (χ1v) is 6.62. The lowest BCUT2D eigenvalue weighted by atomic mass is 10.3. The molecule has 0 aliphatic heterocycles. The van der Waals surface area contributed by atoms with Gasteiger partial charge >= 0.3 is 6.09 Å². The SMILES string of the molecule is N#C/C=C/CN(CCOc1ccc(I)cc1)C(=O)O. The maximum atomic E-state index is 10.9. The van der Waals surface area contributed by atoms with Crippen molar-refractivity contribution < 1.29 is 14.6 Å². The zero-order valence-electron chi connectivity index (χ0n) is 10.1. The summed E-state index contributed by atoms with van der Waals surface area (Å²) in [6.07, 6.45) is 1.73. The first kappa shape index (κ1) is 15.3. The van der Waals surface area contributed by atoms with E-state index in [9.17, 15) is 4.79 Å². The molecule has 0 aliphatic rings. The standard InChI is InChI=1S/C13H13IN2O3/c14-11-3-5-12(6-4-11)19-10-9-16(13(17)18)8-2-1-7-15/h1-6H,8-10H2,(H,17,18)/b2-1+. The van der Waals surface area contributed by atoms with E-state index in [2.05, 4.69) is 22.6 Å². The number of amides is 1. The smallest absolute Gasteiger partial charge is 0.407 e. The highest BCUT2D eigenvalue weighted by molar-refractivity contribution is 14.1. The van der Waals surface area contributed by atoms with Gasteiger partial charge in [-0.3, -0.25) is 0 Å². The van der Waals surface area contributed by atoms with Crippen molar-refractivity contribution in [3.8, 4) is 11.8 Å². The molecule has 19 heavy (non-hydrogen) atoms. The van der Waals surface area contributed by atoms with E-state index < -0.39 is 6.09 Å². The number of carboxylic acid groups (broad SMARTS) is 1. The molecule has 1 aromatic rings. The van der Waals surface area contributed by atoms with Gasteiger partial charge in [-0.25, -0.2) is 4.79 Å². The highest BCUT2D eigenvalue weighted by atomic mass is 127. The molecular weight excluding hydrogens is 359 g/mol. The van der Waals surface area contributed by atoms with Crippen LogP contribution in [-0.2, 0) is 0 Å². The maximum Gasteiger partial charge on any atom is 0.407 e. The Hall–Kier alpha value is -1.75. The number of hydrogen-bond donors (Lipinski definition) is 1. The zero-order valence-corrected chi connectivity index (χ0v) is 12.3. The molecule has 0 aromatic heterocycles. The average molecular weight is 372 g/mol. The van der Waals surface area contributed by atoms with Crippen molar-refractivity contribution in [2.45, 2.75) is 0 Å². The van der Waals surface area contributed by atoms with Crippen LogP contribution in [0.4, 0.5) is 4.79 Å². The van der Waals surface area contributed by atoms with E-state index in [0.717, 1.165) is 3.57 Å². The number of carbonyl (C=O) groups is 1. The van der Waals surface area contributed by atoms with Crippen molar-refractivity contribution in [3.63, 3.8) is 0 Å². The minimum absolute atomic E-state index is 0.180. The van der Waals surface area contributed by atoms with Crippen LogP contribution in [0.2, 0.25) is 0 Å². The van der Waals surface area contributed by atoms with Crippen LogP contribution in [0.15, 0.2) is 36.4 Å². The fraction of sp³-hybridized carbons (Fsp3) is 0.231. The van der Waals surface area contributed by atoms with Gasteiger partial charge in [-0.2, -0.15) is 5.26 Å². The second-order valence-electron chi connectivity index (χ2n) is 3.56. The van der Waals surface area contributed by atoms with Crippen LogP contribution in [0, 0.1) is 14.9 Å². The third-order valence-corrected chi connectivity index (χ3v) is 2.95. The molecular formula is C13H13IN2O3. The van der Waals surface area contributed by atoms with Crippen LogP contribution < -0.4 is 4.74 Å². The third-order valence-electron chi connectivity index (χ3n) is 2.23. The lowest BCUT2D eigenvalue weighted by Gasteiger charge is -2.17. The molecule has 5 nitrogen and oxygen atoms in total. The number of halogens is 1. The van der Waals surface area contributed by atoms with E-state index in [4.69, 9.17) is 15.1 Å². The van der Waals surface area contributed by atoms with Crippen LogP contribution in [0.1, 0.15) is 0 Å². The summed E-state index contributed by atoms with van der Waals surface area (Å²) in [5.41, 5.74) is 0. The summed E-state index contributed by atoms with van der Waals surface area (Å²) in [7, 11) is 0. The van der Waals surface area contributed by atoms with Gasteiger partial charge < -0.3 is 14.7 Å². The predicted molar refractivity (Wildman–Crippen MR) is 79.0 cm³/mol. The monoisotopic (exact) mass is 372 g/mol. The Morgan fingerprint density at radius 1 is 1.47 bits per heavy atom. The molecule has 0 heterocycles. The summed E-state index contributed by atoms with van der Waals surface area (Å²) in [6, 6.07) is 9.32. The minimum Gasteiger partial charge on any atom is -0.492 e. The van der Waals surface area contributed by atoms with Crippen molar-refractivity contribution in [2.75, 3.05) is 19.7 Å². The van der Waals surface area contributed by atoms with Gasteiger partial charge in [0.15, 0.2) is 0 Å². The first-order chi connectivity index (χ1) is 9.13. The van der Waals surface area contributed by atoms with Gasteiger partial charge in [0.25, 0.3) is 0 Å². The highest BCUT2D eigenvalue weighted by Gasteiger charge is 2.09. The molecule has 6 heteroatoms. The van der Waals surface area contributed by atoms with Crippen LogP contribution in [0.5, 0.6) is 5.75 Å². The van der Waals surface area contributed by atoms with E-state index in [0.29, 0.717) is 5.75 Å². The van der Waals surface area contributed by atoms with Gasteiger partial charge in [0, 0.05) is 16.2 Å². The Morgan fingerprint density at radius 3 is 2.74 bits per heavy atom. The van der Waals surface area contributed by atoms with E-state index in [1.807, 2.05) is 30.3 Å². The number of ether oxygens (including phenoxy) is 1. The Labute approximate surface area is 125 Å². The fourth-order valence-electron chi connectivity index (χ4n) is 1.30. The predicted octanol–water partition coefficient (Wildman–Crippen LogP) is 2.73. The summed E-state index contributed by atoms with van der Waals surface area (Å²) in [4.78, 5) is 12.1. The number of rotatable bonds is 6. The van der Waals surface area contributed by atoms with Crippen LogP contribution in [0.3, 0.4) is 0 Å². The zero-order chi connectivity index (χ0) is 14.1. The van der Waals surface area contributed by atoms with E-state index in [-0.39, 0.29) is 19.7 Å². The topological polar surface area (TPSA) is 73.6 Å². The molecule has 0 saturated heterocycles. The second kappa shape index (κ2) is 8.37. The number of nitriles is 1. The van der Waals surface area contributed by atoms with E-state index in [1.54, 1.807) is 0 Å². The Morgan fingerprint density at radius 2 is 2.16 bits per heavy atom. The fourth-order valence-corrected chi connectivity index (χ4v) is 1.66. The number of nitrogens with zero attached hydrogens (tertiary/aromatic N) is 2. The Kier molecular flexibility index (Phi) is 6.74. The molecule has 0 atom stereocenters. The molecule has 1 rings (SSSR count). The molecule has 1 amide bonds. The molecule has 100 valence electrons. The van der Waals surface area contributed by atoms with Crippen molar-refractivity contribution in [1.82, 2.24) is 4.90 Å². The molecule has 1 aromatic carbocycles. The third kappa shape index (κ3) is 6.10. The molecule has 0 unspecified atom stereocenters. The maximum absolute atomic E-state index is 10.9. The normalized spacial score (nSPS) is 10.1. The van der Waals surface area contributed by atoms with Gasteiger partial charge in [-0.15, -0.1) is 0 Å². The summed E-state index contributed by atoms with van der Waals surface area (Å²) in [5, 5.41) is 17.3. The molecule has 0 aliphatic carbocycles. The van der Waals surface area contributed by atoms with Crippen LogP contribution >= 0.6 is 22.6 Å². The molecule has 0 spiro atoms. The lowest BCUT2D eigenvalue weighted by Crippen LogP contribution is -2.33. The van der Waals surface area contributed by atoms with Crippen molar-refractivity contribution in [1.29, 1.82) is 5.26 Å². The van der Waals surface area contributed by atoms with Gasteiger partial charge in [0.2, 0.25) is 0 Å². The summed E-state index contributed by atoms with van der Waals surface area (Å²) < 4.78 is 6.56. The van der Waals surface area contributed by atoms with E-state index in [1.165, 1.54) is 17.1 Å². The summed E-state index contributed by atoms with van der Waals surface area (Å²) in [5.74, 6) is 0.707. The van der Waals surface area contributed by atoms with Crippen LogP contribution in [-0.4, -0.2) is 35.8 Å². The molecule has 0 bridgehead atoms. The molecule has 1 N–H and O–H groups in total. The number of hydrogen-bond acceptors (Lipinski definition) is 3. The summed E-state index contributed by atoms with van der Waals surface area (Å²) in [6.45, 7) is 0.698. The van der Waals surface area contributed by atoms with Gasteiger partial charge in [-0.1, -0.05) is 6.08 Å². The van der Waals surface area contributed by atoms with Gasteiger partial charge in [0.05, 0.1) is 12.6 Å². The van der Waals surface area contributed by atoms with Gasteiger partial charge in [-0.05, 0) is 46.9 Å². The number of benzene rings is 1. The van der Waals surface area contributed by atoms with Crippen molar-refractivity contribution in [2.24, 2.45) is 0 Å². The Bertz CT molecular complexity index is 480. The molecule has 0 fully saturated rings. The molecule has 0 radical (unpaired) electrons. The quantitative estimate of drug-likeness (QED) is 0.616. The Balaban J connectivity index is 2.40. The van der Waals surface area contributed by atoms with Crippen molar-refractivity contribution >= 4 is 28.7 Å². The molecule has 0 saturated carbocycles. The summed E-state index contributed by atoms with van der Waals surface area (Å²) >= 11 is 2.20. The number of allylic oxidation sites excluding steroid dienone is 1.